The molecule has 0 bridgehead atoms. The van der Waals surface area contributed by atoms with E-state index < -0.39 is 0 Å². The number of ether oxygens (including phenoxy) is 1. The topological polar surface area (TPSA) is 73.8 Å². The molecule has 3 rings (SSSR count). The Bertz CT molecular complexity index is 595. The zero-order valence-electron chi connectivity index (χ0n) is 15.2. The highest BCUT2D eigenvalue weighted by molar-refractivity contribution is 5.51. The number of nitrogens with zero attached hydrogens (tertiary/aromatic N) is 4. The number of aliphatic hydroxyl groups is 1. The van der Waals surface area contributed by atoms with Crippen LogP contribution in [0.4, 0.5) is 11.6 Å². The van der Waals surface area contributed by atoms with Crippen LogP contribution in [0.3, 0.4) is 0 Å². The quantitative estimate of drug-likeness (QED) is 0.707. The predicted octanol–water partition coefficient (Wildman–Crippen LogP) is 0.809. The molecular formula is C18H29N5O2. The molecule has 7 heteroatoms. The van der Waals surface area contributed by atoms with E-state index in [0.717, 1.165) is 57.3 Å². The number of hydrogen-bond acceptors (Lipinski definition) is 7. The number of aliphatic hydroxyl groups excluding tert-OH is 1. The molecule has 0 aromatic carbocycles. The minimum absolute atomic E-state index is 0.231. The Balaban J connectivity index is 1.62. The van der Waals surface area contributed by atoms with E-state index in [4.69, 9.17) is 4.74 Å². The fourth-order valence-electron chi connectivity index (χ4n) is 3.36. The zero-order valence-corrected chi connectivity index (χ0v) is 15.2. The summed E-state index contributed by atoms with van der Waals surface area (Å²) in [6, 6.07) is 2.24. The maximum absolute atomic E-state index is 10.1. The molecule has 0 unspecified atom stereocenters. The minimum Gasteiger partial charge on any atom is -0.391 e. The van der Waals surface area contributed by atoms with Crippen LogP contribution >= 0.6 is 0 Å². The minimum atomic E-state index is -0.314. The fourth-order valence-corrected chi connectivity index (χ4v) is 3.36. The van der Waals surface area contributed by atoms with Gasteiger partial charge in [0, 0.05) is 45.3 Å². The van der Waals surface area contributed by atoms with Crippen molar-refractivity contribution in [2.24, 2.45) is 0 Å². The molecule has 1 aromatic rings. The van der Waals surface area contributed by atoms with Gasteiger partial charge in [-0.15, -0.1) is 0 Å². The Morgan fingerprint density at radius 1 is 1.44 bits per heavy atom. The van der Waals surface area contributed by atoms with Gasteiger partial charge in [0.1, 0.15) is 18.0 Å². The molecule has 0 radical (unpaired) electrons. The third-order valence-electron chi connectivity index (χ3n) is 4.90. The highest BCUT2D eigenvalue weighted by Gasteiger charge is 2.31. The average Bonchev–Trinajstić information content (AvgIpc) is 3.02. The Morgan fingerprint density at radius 3 is 3.08 bits per heavy atom. The van der Waals surface area contributed by atoms with Gasteiger partial charge >= 0.3 is 0 Å². The molecule has 2 atom stereocenters. The van der Waals surface area contributed by atoms with Crippen LogP contribution in [0.2, 0.25) is 0 Å². The smallest absolute Gasteiger partial charge is 0.134 e. The number of rotatable bonds is 7. The van der Waals surface area contributed by atoms with Gasteiger partial charge in [-0.05, 0) is 25.3 Å². The van der Waals surface area contributed by atoms with Crippen molar-refractivity contribution >= 4 is 11.6 Å². The molecule has 1 saturated heterocycles. The first-order valence-electron chi connectivity index (χ1n) is 9.11. The Labute approximate surface area is 149 Å². The molecule has 0 amide bonds. The molecule has 1 aromatic heterocycles. The van der Waals surface area contributed by atoms with Crippen molar-refractivity contribution in [2.45, 2.75) is 31.9 Å². The summed E-state index contributed by atoms with van der Waals surface area (Å²) in [7, 11) is 2.02. The Kier molecular flexibility index (Phi) is 6.23. The molecule has 2 aliphatic rings. The molecule has 0 spiro atoms. The summed E-state index contributed by atoms with van der Waals surface area (Å²) in [5.74, 6) is 1.79. The van der Waals surface area contributed by atoms with Crippen molar-refractivity contribution in [1.82, 2.24) is 15.3 Å². The lowest BCUT2D eigenvalue weighted by Gasteiger charge is -2.27. The maximum atomic E-state index is 10.1. The zero-order chi connectivity index (χ0) is 17.6. The van der Waals surface area contributed by atoms with Gasteiger partial charge < -0.3 is 25.0 Å². The summed E-state index contributed by atoms with van der Waals surface area (Å²) < 4.78 is 5.48. The van der Waals surface area contributed by atoms with Crippen molar-refractivity contribution in [1.29, 1.82) is 0 Å². The summed E-state index contributed by atoms with van der Waals surface area (Å²) in [5, 5.41) is 13.7. The van der Waals surface area contributed by atoms with Gasteiger partial charge in [0.2, 0.25) is 0 Å². The van der Waals surface area contributed by atoms with Gasteiger partial charge in [0.25, 0.3) is 0 Å². The first-order chi connectivity index (χ1) is 12.2. The van der Waals surface area contributed by atoms with Crippen LogP contribution in [0.1, 0.15) is 19.8 Å². The second-order valence-corrected chi connectivity index (χ2v) is 6.78. The standard InChI is InChI=1S/C18H29N5O2/c1-3-22(2)17-8-18(21-13-20-17)23-11-16(24)7-15(23)10-19-9-14-5-4-6-25-12-14/h5,8,13,15-16,19,24H,3-4,6-7,9-12H2,1-2H3/t15-,16-/m1/s1. The Hall–Kier alpha value is -1.70. The predicted molar refractivity (Wildman–Crippen MR) is 99.1 cm³/mol. The van der Waals surface area contributed by atoms with Gasteiger partial charge in [-0.1, -0.05) is 6.08 Å². The largest absolute Gasteiger partial charge is 0.391 e. The van der Waals surface area contributed by atoms with Crippen LogP contribution in [0.5, 0.6) is 0 Å². The molecule has 0 aliphatic carbocycles. The summed E-state index contributed by atoms with van der Waals surface area (Å²) in [5.41, 5.74) is 1.31. The molecule has 2 aliphatic heterocycles. The van der Waals surface area contributed by atoms with Gasteiger partial charge in [-0.25, -0.2) is 9.97 Å². The first kappa shape index (κ1) is 18.1. The maximum Gasteiger partial charge on any atom is 0.134 e. The number of hydrogen-bond donors (Lipinski definition) is 2. The highest BCUT2D eigenvalue weighted by atomic mass is 16.5. The lowest BCUT2D eigenvalue weighted by Crippen LogP contribution is -2.39. The van der Waals surface area contributed by atoms with Crippen LogP contribution in [0.15, 0.2) is 24.0 Å². The third-order valence-corrected chi connectivity index (χ3v) is 4.90. The number of aromatic nitrogens is 2. The first-order valence-corrected chi connectivity index (χ1v) is 9.11. The van der Waals surface area contributed by atoms with Crippen molar-refractivity contribution in [3.05, 3.63) is 24.0 Å². The van der Waals surface area contributed by atoms with E-state index in [1.165, 1.54) is 5.57 Å². The van der Waals surface area contributed by atoms with E-state index in [-0.39, 0.29) is 12.1 Å². The number of nitrogens with one attached hydrogen (secondary N) is 1. The molecule has 25 heavy (non-hydrogen) atoms. The summed E-state index contributed by atoms with van der Waals surface area (Å²) in [6.07, 6.45) is 5.31. The van der Waals surface area contributed by atoms with E-state index in [2.05, 4.69) is 38.1 Å². The van der Waals surface area contributed by atoms with Gasteiger partial charge in [0.05, 0.1) is 19.3 Å². The van der Waals surface area contributed by atoms with E-state index >= 15 is 0 Å². The Morgan fingerprint density at radius 2 is 2.32 bits per heavy atom. The fraction of sp³-hybridized carbons (Fsp3) is 0.667. The molecule has 2 N–H and O–H groups in total. The van der Waals surface area contributed by atoms with Crippen molar-refractivity contribution in [2.75, 3.05) is 56.2 Å². The average molecular weight is 347 g/mol. The lowest BCUT2D eigenvalue weighted by molar-refractivity contribution is 0.148. The monoisotopic (exact) mass is 347 g/mol. The number of anilines is 2. The second kappa shape index (κ2) is 8.60. The van der Waals surface area contributed by atoms with E-state index in [9.17, 15) is 5.11 Å². The normalized spacial score (nSPS) is 23.6. The van der Waals surface area contributed by atoms with Crippen LogP contribution < -0.4 is 15.1 Å². The van der Waals surface area contributed by atoms with Crippen LogP contribution in [0.25, 0.3) is 0 Å². The molecule has 1 fully saturated rings. The van der Waals surface area contributed by atoms with Crippen molar-refractivity contribution < 1.29 is 9.84 Å². The SMILES string of the molecule is CCN(C)c1cc(N2C[C@H](O)C[C@@H]2CNCC2=CCCOC2)ncn1. The van der Waals surface area contributed by atoms with Gasteiger partial charge in [-0.2, -0.15) is 0 Å². The summed E-state index contributed by atoms with van der Waals surface area (Å²) in [4.78, 5) is 13.1. The van der Waals surface area contributed by atoms with Crippen molar-refractivity contribution in [3.63, 3.8) is 0 Å². The number of β-amino-alcohol motifs (C(OH)–C–C–N with tert-alkyl or cyclic N) is 1. The summed E-state index contributed by atoms with van der Waals surface area (Å²) >= 11 is 0. The van der Waals surface area contributed by atoms with E-state index in [1.807, 2.05) is 13.1 Å². The van der Waals surface area contributed by atoms with Crippen LogP contribution in [0, 0.1) is 0 Å². The second-order valence-electron chi connectivity index (χ2n) is 6.78. The van der Waals surface area contributed by atoms with E-state index in [0.29, 0.717) is 6.54 Å². The lowest BCUT2D eigenvalue weighted by atomic mass is 10.1. The van der Waals surface area contributed by atoms with Crippen LogP contribution in [-0.4, -0.2) is 73.7 Å². The van der Waals surface area contributed by atoms with Crippen molar-refractivity contribution in [3.8, 4) is 0 Å². The molecular weight excluding hydrogens is 318 g/mol. The summed E-state index contributed by atoms with van der Waals surface area (Å²) in [6.45, 7) is 6.81. The highest BCUT2D eigenvalue weighted by Crippen LogP contribution is 2.25. The molecule has 138 valence electrons. The third kappa shape index (κ3) is 4.68. The van der Waals surface area contributed by atoms with Crippen LogP contribution in [-0.2, 0) is 4.74 Å². The van der Waals surface area contributed by atoms with E-state index in [1.54, 1.807) is 6.33 Å². The molecule has 7 nitrogen and oxygen atoms in total. The molecule has 0 saturated carbocycles. The van der Waals surface area contributed by atoms with Gasteiger partial charge in [-0.3, -0.25) is 0 Å². The van der Waals surface area contributed by atoms with Gasteiger partial charge in [0.15, 0.2) is 0 Å². The molecule has 3 heterocycles.